The molecule has 3 heterocycles. The third kappa shape index (κ3) is 5.80. The van der Waals surface area contributed by atoms with Crippen LogP contribution in [-0.4, -0.2) is 43.6 Å². The molecule has 3 fully saturated rings. The molecule has 2 aliphatic carbocycles. The third-order valence-electron chi connectivity index (χ3n) is 11.7. The van der Waals surface area contributed by atoms with Crippen molar-refractivity contribution in [2.24, 2.45) is 23.7 Å². The summed E-state index contributed by atoms with van der Waals surface area (Å²) in [6.07, 6.45) is -0.335. The second kappa shape index (κ2) is 13.9. The van der Waals surface area contributed by atoms with Gasteiger partial charge in [0.05, 0.1) is 40.3 Å². The highest BCUT2D eigenvalue weighted by atomic mass is 35.5. The number of amides is 4. The van der Waals surface area contributed by atoms with Gasteiger partial charge in [-0.25, -0.2) is 4.98 Å². The Morgan fingerprint density at radius 3 is 2.36 bits per heavy atom. The van der Waals surface area contributed by atoms with Crippen LogP contribution in [-0.2, 0) is 43.7 Å². The minimum absolute atomic E-state index is 0.0473. The zero-order valence-corrected chi connectivity index (χ0v) is 31.0. The molecule has 56 heavy (non-hydrogen) atoms. The van der Waals surface area contributed by atoms with Crippen molar-refractivity contribution in [1.82, 2.24) is 14.9 Å². The Hall–Kier alpha value is -5.46. The van der Waals surface area contributed by atoms with E-state index in [9.17, 15) is 32.7 Å². The Kier molecular flexibility index (Phi) is 9.32. The predicted octanol–water partition coefficient (Wildman–Crippen LogP) is 8.03. The van der Waals surface area contributed by atoms with Crippen molar-refractivity contribution in [3.63, 3.8) is 0 Å². The highest BCUT2D eigenvalue weighted by Crippen LogP contribution is 2.65. The van der Waals surface area contributed by atoms with Gasteiger partial charge in [-0.3, -0.25) is 29.5 Å². The van der Waals surface area contributed by atoms with Gasteiger partial charge >= 0.3 is 6.18 Å². The molecule has 0 spiro atoms. The molecular weight excluding hydrogens is 768 g/mol. The predicted molar refractivity (Wildman–Crippen MR) is 201 cm³/mol. The normalized spacial score (nSPS) is 25.8. The van der Waals surface area contributed by atoms with Crippen LogP contribution in [0.5, 0.6) is 5.75 Å². The van der Waals surface area contributed by atoms with Crippen molar-refractivity contribution in [2.45, 2.75) is 43.3 Å². The van der Waals surface area contributed by atoms with Gasteiger partial charge < -0.3 is 5.11 Å². The van der Waals surface area contributed by atoms with Crippen LogP contribution in [0.1, 0.15) is 46.6 Å². The summed E-state index contributed by atoms with van der Waals surface area (Å²) in [6, 6.07) is 21.3. The van der Waals surface area contributed by atoms with Gasteiger partial charge in [-0.15, -0.1) is 6.58 Å². The molecule has 0 radical (unpaired) electrons. The second-order valence-electron chi connectivity index (χ2n) is 14.5. The molecule has 2 N–H and O–H groups in total. The quantitative estimate of drug-likeness (QED) is 0.137. The number of likely N-dealkylation sites (tertiary alicyclic amines) is 1. The van der Waals surface area contributed by atoms with E-state index in [1.807, 2.05) is 36.4 Å². The molecule has 6 unspecified atom stereocenters. The van der Waals surface area contributed by atoms with E-state index in [0.717, 1.165) is 10.6 Å². The average Bonchev–Trinajstić information content (AvgIpc) is 3.54. The monoisotopic (exact) mass is 800 g/mol. The highest BCUT2D eigenvalue weighted by Gasteiger charge is 2.70. The largest absolute Gasteiger partial charge is 0.507 e. The van der Waals surface area contributed by atoms with Gasteiger partial charge in [0.25, 0.3) is 11.8 Å². The molecule has 14 heteroatoms. The van der Waals surface area contributed by atoms with Crippen molar-refractivity contribution in [3.05, 3.63) is 147 Å². The molecular formula is C42H33Cl2F3N4O5. The van der Waals surface area contributed by atoms with Crippen molar-refractivity contribution in [2.75, 3.05) is 5.43 Å². The first-order valence-electron chi connectivity index (χ1n) is 17.9. The van der Waals surface area contributed by atoms with Crippen LogP contribution in [0.15, 0.2) is 109 Å². The molecule has 8 rings (SSSR count). The summed E-state index contributed by atoms with van der Waals surface area (Å²) in [6.45, 7) is 3.88. The fourth-order valence-corrected chi connectivity index (χ4v) is 9.61. The van der Waals surface area contributed by atoms with E-state index in [1.165, 1.54) is 4.90 Å². The van der Waals surface area contributed by atoms with E-state index >= 15 is 4.79 Å². The minimum atomic E-state index is -4.75. The van der Waals surface area contributed by atoms with Gasteiger partial charge in [0.1, 0.15) is 5.75 Å². The summed E-state index contributed by atoms with van der Waals surface area (Å²) in [4.78, 5) is 63.8. The Bertz CT molecular complexity index is 2340. The number of imide groups is 2. The number of halogens is 5. The molecule has 1 saturated carbocycles. The number of anilines is 1. The lowest BCUT2D eigenvalue weighted by Crippen LogP contribution is -2.53. The first kappa shape index (κ1) is 37.5. The Morgan fingerprint density at radius 2 is 1.68 bits per heavy atom. The number of allylic oxidation sites excluding steroid dienone is 3. The highest BCUT2D eigenvalue weighted by molar-refractivity contribution is 6.33. The van der Waals surface area contributed by atoms with E-state index in [0.29, 0.717) is 39.5 Å². The lowest BCUT2D eigenvalue weighted by atomic mass is 9.49. The van der Waals surface area contributed by atoms with Crippen molar-refractivity contribution >= 4 is 52.6 Å². The number of carbonyl (C=O) groups excluding carboxylic acids is 4. The van der Waals surface area contributed by atoms with Gasteiger partial charge in [0.15, 0.2) is 5.82 Å². The molecule has 4 aliphatic rings. The van der Waals surface area contributed by atoms with Crippen LogP contribution in [0.4, 0.5) is 19.0 Å². The minimum Gasteiger partial charge on any atom is -0.507 e. The maximum absolute atomic E-state index is 15.4. The number of aromatic hydroxyl groups is 1. The topological polar surface area (TPSA) is 120 Å². The molecule has 2 aliphatic heterocycles. The van der Waals surface area contributed by atoms with E-state index in [4.69, 9.17) is 23.2 Å². The van der Waals surface area contributed by atoms with Crippen LogP contribution in [0.2, 0.25) is 10.0 Å². The summed E-state index contributed by atoms with van der Waals surface area (Å²) in [7, 11) is 0. The molecule has 1 aromatic heterocycles. The van der Waals surface area contributed by atoms with Gasteiger partial charge in [-0.2, -0.15) is 18.2 Å². The molecule has 6 atom stereocenters. The summed E-state index contributed by atoms with van der Waals surface area (Å²) in [5, 5.41) is 12.6. The second-order valence-corrected chi connectivity index (χ2v) is 15.4. The number of phenolic OH excluding ortho intramolecular Hbond substituents is 1. The number of para-hydroxylation sites is 1. The number of benzene rings is 3. The summed E-state index contributed by atoms with van der Waals surface area (Å²) in [5.41, 5.74) is 2.27. The molecule has 3 aromatic carbocycles. The molecule has 4 amide bonds. The van der Waals surface area contributed by atoms with Crippen molar-refractivity contribution in [1.29, 1.82) is 0 Å². The lowest BCUT2D eigenvalue weighted by Gasteiger charge is -2.50. The number of fused-ring (bicyclic) bond motifs is 4. The fourth-order valence-electron chi connectivity index (χ4n) is 9.28. The first-order valence-corrected chi connectivity index (χ1v) is 18.7. The number of nitrogens with zero attached hydrogens (tertiary/aromatic N) is 3. The number of hydrogen-bond donors (Lipinski definition) is 2. The maximum Gasteiger partial charge on any atom is 0.417 e. The van der Waals surface area contributed by atoms with E-state index in [2.05, 4.69) is 17.0 Å². The maximum atomic E-state index is 15.4. The van der Waals surface area contributed by atoms with Crippen LogP contribution >= 0.6 is 23.2 Å². The number of alkyl halides is 3. The number of hydrogen-bond acceptors (Lipinski definition) is 7. The summed E-state index contributed by atoms with van der Waals surface area (Å²) >= 11 is 12.6. The van der Waals surface area contributed by atoms with Gasteiger partial charge in [-0.1, -0.05) is 102 Å². The molecule has 2 saturated heterocycles. The smallest absolute Gasteiger partial charge is 0.417 e. The number of phenols is 1. The molecule has 286 valence electrons. The van der Waals surface area contributed by atoms with Crippen LogP contribution < -0.4 is 5.43 Å². The third-order valence-corrected chi connectivity index (χ3v) is 12.2. The lowest BCUT2D eigenvalue weighted by molar-refractivity contribution is -0.142. The van der Waals surface area contributed by atoms with E-state index in [-0.39, 0.29) is 43.3 Å². The SMILES string of the molecule is C=CCc1cccc(C2C3=CCC4C(=O)N(Cc5ccccc5)C(=O)C4C3CC3C(=O)N(Nc4ncc(C(F)(F)F)cc4Cl)C(=O)C32c2ccc(Cl)cc2)c1O. The zero-order valence-electron chi connectivity index (χ0n) is 29.5. The summed E-state index contributed by atoms with van der Waals surface area (Å²) < 4.78 is 40.5. The molecule has 9 nitrogen and oxygen atoms in total. The van der Waals surface area contributed by atoms with Gasteiger partial charge in [-0.05, 0) is 60.1 Å². The average molecular weight is 802 g/mol. The number of carbonyl (C=O) groups is 4. The van der Waals surface area contributed by atoms with Crippen LogP contribution in [0.3, 0.4) is 0 Å². The van der Waals surface area contributed by atoms with Crippen LogP contribution in [0.25, 0.3) is 0 Å². The summed E-state index contributed by atoms with van der Waals surface area (Å²) in [5.74, 6) is -7.35. The van der Waals surface area contributed by atoms with Crippen molar-refractivity contribution < 1.29 is 37.5 Å². The number of pyridine rings is 1. The van der Waals surface area contributed by atoms with E-state index < -0.39 is 69.5 Å². The number of hydrazine groups is 1. The van der Waals surface area contributed by atoms with E-state index in [1.54, 1.807) is 48.5 Å². The zero-order chi connectivity index (χ0) is 39.7. The van der Waals surface area contributed by atoms with Crippen LogP contribution in [0, 0.1) is 23.7 Å². The Balaban J connectivity index is 1.31. The fraction of sp³-hybridized carbons (Fsp3) is 0.262. The number of aromatic nitrogens is 1. The Morgan fingerprint density at radius 1 is 0.946 bits per heavy atom. The van der Waals surface area contributed by atoms with Gasteiger partial charge in [0, 0.05) is 22.7 Å². The molecule has 0 bridgehead atoms. The number of nitrogens with one attached hydrogen (secondary N) is 1. The Labute approximate surface area is 329 Å². The first-order chi connectivity index (χ1) is 26.8. The van der Waals surface area contributed by atoms with Gasteiger partial charge in [0.2, 0.25) is 11.8 Å². The van der Waals surface area contributed by atoms with Crippen molar-refractivity contribution in [3.8, 4) is 5.75 Å². The number of rotatable bonds is 8. The standard InChI is InChI=1S/C42H33Cl2F3N4O5/c1-2-7-23-10-6-11-29(35(23)52)34-27-16-17-28-33(39(55)50(37(28)53)21-22-8-4-3-5-9-22)30(27)19-31-38(54)51(40(56)41(31,34)24-12-14-26(43)15-13-24)49-36-32(44)18-25(20-48-36)42(45,46)47/h2-6,8-16,18,20,28,30-31,33-34,52H,1,7,17,19,21H2,(H,48,49). The molecule has 4 aromatic rings.